The molecule has 2 atom stereocenters. The molecule has 32 heavy (non-hydrogen) atoms. The molecule has 0 aliphatic carbocycles. The third-order valence-electron chi connectivity index (χ3n) is 6.30. The van der Waals surface area contributed by atoms with Crippen LogP contribution in [0.25, 0.3) is 0 Å². The molecule has 2 aromatic carbocycles. The molecule has 1 fully saturated rings. The van der Waals surface area contributed by atoms with E-state index in [1.807, 2.05) is 0 Å². The van der Waals surface area contributed by atoms with E-state index in [0.717, 1.165) is 25.7 Å². The van der Waals surface area contributed by atoms with Crippen LogP contribution in [0.4, 0.5) is 17.6 Å². The average molecular weight is 452 g/mol. The van der Waals surface area contributed by atoms with Crippen molar-refractivity contribution >= 4 is 0 Å². The summed E-state index contributed by atoms with van der Waals surface area (Å²) in [5.41, 5.74) is 1.50. The van der Waals surface area contributed by atoms with Crippen LogP contribution in [0.2, 0.25) is 0 Å². The summed E-state index contributed by atoms with van der Waals surface area (Å²) in [6, 6.07) is 4.93. The van der Waals surface area contributed by atoms with Crippen LogP contribution in [0.3, 0.4) is 0 Å². The van der Waals surface area contributed by atoms with Crippen LogP contribution in [0.1, 0.15) is 55.7 Å². The molecule has 0 spiro atoms. The maximum Gasteiger partial charge on any atom is 0.205 e. The van der Waals surface area contributed by atoms with Gasteiger partial charge in [-0.3, -0.25) is 4.39 Å². The fourth-order valence-electron chi connectivity index (χ4n) is 4.51. The van der Waals surface area contributed by atoms with Crippen molar-refractivity contribution in [3.05, 3.63) is 52.3 Å². The van der Waals surface area contributed by atoms with Gasteiger partial charge in [0.05, 0.1) is 19.4 Å². The lowest BCUT2D eigenvalue weighted by Crippen LogP contribution is -2.26. The van der Waals surface area contributed by atoms with Gasteiger partial charge >= 0.3 is 0 Å². The van der Waals surface area contributed by atoms with Crippen molar-refractivity contribution < 1.29 is 31.8 Å². The number of hydrogen-bond donors (Lipinski definition) is 0. The zero-order valence-electron chi connectivity index (χ0n) is 18.2. The Hall–Kier alpha value is -2.28. The lowest BCUT2D eigenvalue weighted by atomic mass is 9.90. The second kappa shape index (κ2) is 10.1. The largest absolute Gasteiger partial charge is 0.491 e. The zero-order valence-corrected chi connectivity index (χ0v) is 18.2. The molecule has 2 unspecified atom stereocenters. The molecule has 174 valence electrons. The van der Waals surface area contributed by atoms with Crippen LogP contribution in [0.15, 0.2) is 18.2 Å². The summed E-state index contributed by atoms with van der Waals surface area (Å²) in [6.07, 6.45) is 4.74. The van der Waals surface area contributed by atoms with E-state index in [1.54, 1.807) is 19.1 Å². The Kier molecular flexibility index (Phi) is 7.23. The Labute approximate surface area is 185 Å². The van der Waals surface area contributed by atoms with Gasteiger partial charge < -0.3 is 14.2 Å². The fraction of sp³-hybridized carbons (Fsp3) is 0.520. The molecule has 2 aliphatic rings. The Balaban J connectivity index is 1.43. The second-order valence-electron chi connectivity index (χ2n) is 8.50. The Morgan fingerprint density at radius 3 is 2.53 bits per heavy atom. The van der Waals surface area contributed by atoms with Gasteiger partial charge in [-0.25, -0.2) is 4.39 Å². The summed E-state index contributed by atoms with van der Waals surface area (Å²) in [7, 11) is 0. The molecule has 2 heterocycles. The molecule has 2 aliphatic heterocycles. The SMILES string of the molecule is CCOc1cc2c(c(F)c1F)Oc1c(ccc(CCC3CCC(CCCF)OC3)c1F)C2. The van der Waals surface area contributed by atoms with Crippen LogP contribution in [0.5, 0.6) is 17.2 Å². The number of aryl methyl sites for hydroxylation is 1. The minimum absolute atomic E-state index is 0.0383. The normalized spacial score (nSPS) is 19.8. The Morgan fingerprint density at radius 2 is 1.81 bits per heavy atom. The molecule has 0 amide bonds. The van der Waals surface area contributed by atoms with Crippen LogP contribution in [-0.2, 0) is 17.6 Å². The molecule has 2 aromatic rings. The molecule has 0 bridgehead atoms. The van der Waals surface area contributed by atoms with Gasteiger partial charge in [-0.15, -0.1) is 0 Å². The van der Waals surface area contributed by atoms with E-state index in [-0.39, 0.29) is 43.1 Å². The van der Waals surface area contributed by atoms with E-state index in [4.69, 9.17) is 14.2 Å². The number of rotatable bonds is 8. The van der Waals surface area contributed by atoms with Gasteiger partial charge in [0.1, 0.15) is 0 Å². The van der Waals surface area contributed by atoms with E-state index in [9.17, 15) is 13.2 Å². The highest BCUT2D eigenvalue weighted by Gasteiger charge is 2.29. The molecule has 4 rings (SSSR count). The number of fused-ring (bicyclic) bond motifs is 2. The quantitative estimate of drug-likeness (QED) is 0.357. The van der Waals surface area contributed by atoms with Crippen LogP contribution >= 0.6 is 0 Å². The standard InChI is InChI=1S/C25H28F4O3/c1-2-30-20-13-18-12-17-9-8-16(21(27)24(17)32-25(18)23(29)22(20)28)7-5-15-6-10-19(31-14-15)4-3-11-26/h8-9,13,15,19H,2-7,10-12,14H2,1H3. The van der Waals surface area contributed by atoms with Gasteiger partial charge in [0.25, 0.3) is 0 Å². The summed E-state index contributed by atoms with van der Waals surface area (Å²) >= 11 is 0. The van der Waals surface area contributed by atoms with Gasteiger partial charge in [-0.2, -0.15) is 8.78 Å². The first kappa shape index (κ1) is 22.9. The van der Waals surface area contributed by atoms with Gasteiger partial charge in [0.2, 0.25) is 11.6 Å². The minimum atomic E-state index is -1.16. The average Bonchev–Trinajstić information content (AvgIpc) is 2.81. The van der Waals surface area contributed by atoms with Crippen LogP contribution in [0, 0.1) is 23.4 Å². The summed E-state index contributed by atoms with van der Waals surface area (Å²) in [5.74, 6) is -3.00. The first-order chi connectivity index (χ1) is 15.5. The first-order valence-electron chi connectivity index (χ1n) is 11.3. The van der Waals surface area contributed by atoms with E-state index in [1.165, 1.54) is 6.07 Å². The Bertz CT molecular complexity index is 955. The predicted octanol–water partition coefficient (Wildman–Crippen LogP) is 6.68. The summed E-state index contributed by atoms with van der Waals surface area (Å²) in [5, 5.41) is 0. The van der Waals surface area contributed by atoms with E-state index < -0.39 is 17.5 Å². The lowest BCUT2D eigenvalue weighted by molar-refractivity contribution is -0.0231. The highest BCUT2D eigenvalue weighted by Crippen LogP contribution is 2.43. The van der Waals surface area contributed by atoms with E-state index in [2.05, 4.69) is 0 Å². The number of hydrogen-bond acceptors (Lipinski definition) is 3. The molecule has 1 saturated heterocycles. The number of alkyl halides is 1. The van der Waals surface area contributed by atoms with Crippen molar-refractivity contribution in [2.45, 2.75) is 58.0 Å². The Morgan fingerprint density at radius 1 is 1.00 bits per heavy atom. The van der Waals surface area contributed by atoms with Crippen LogP contribution in [-0.4, -0.2) is 26.0 Å². The van der Waals surface area contributed by atoms with Crippen molar-refractivity contribution in [2.24, 2.45) is 5.92 Å². The van der Waals surface area contributed by atoms with E-state index >= 15 is 4.39 Å². The highest BCUT2D eigenvalue weighted by atomic mass is 19.2. The van der Waals surface area contributed by atoms with Crippen molar-refractivity contribution in [1.29, 1.82) is 0 Å². The molecular weight excluding hydrogens is 424 g/mol. The third-order valence-corrected chi connectivity index (χ3v) is 6.30. The van der Waals surface area contributed by atoms with Gasteiger partial charge in [-0.1, -0.05) is 12.1 Å². The molecular formula is C25H28F4O3. The highest BCUT2D eigenvalue weighted by molar-refractivity contribution is 5.54. The number of ether oxygens (including phenoxy) is 3. The summed E-state index contributed by atoms with van der Waals surface area (Å²) in [4.78, 5) is 0. The zero-order chi connectivity index (χ0) is 22.7. The summed E-state index contributed by atoms with van der Waals surface area (Å²) in [6.45, 7) is 2.16. The van der Waals surface area contributed by atoms with Crippen molar-refractivity contribution in [3.8, 4) is 17.2 Å². The predicted molar refractivity (Wildman–Crippen MR) is 113 cm³/mol. The van der Waals surface area contributed by atoms with Crippen molar-refractivity contribution in [2.75, 3.05) is 19.9 Å². The van der Waals surface area contributed by atoms with Crippen molar-refractivity contribution in [3.63, 3.8) is 0 Å². The van der Waals surface area contributed by atoms with Crippen molar-refractivity contribution in [1.82, 2.24) is 0 Å². The first-order valence-corrected chi connectivity index (χ1v) is 11.3. The van der Waals surface area contributed by atoms with Gasteiger partial charge in [-0.05, 0) is 63.0 Å². The number of halogens is 4. The minimum Gasteiger partial charge on any atom is -0.491 e. The summed E-state index contributed by atoms with van der Waals surface area (Å²) < 4.78 is 72.8. The van der Waals surface area contributed by atoms with Gasteiger partial charge in [0, 0.05) is 24.2 Å². The molecule has 7 heteroatoms. The van der Waals surface area contributed by atoms with Gasteiger partial charge in [0.15, 0.2) is 23.1 Å². The molecule has 0 saturated carbocycles. The van der Waals surface area contributed by atoms with E-state index in [0.29, 0.717) is 42.1 Å². The lowest BCUT2D eigenvalue weighted by Gasteiger charge is -2.29. The monoisotopic (exact) mass is 452 g/mol. The maximum absolute atomic E-state index is 15.2. The molecule has 0 radical (unpaired) electrons. The maximum atomic E-state index is 15.2. The molecule has 3 nitrogen and oxygen atoms in total. The smallest absolute Gasteiger partial charge is 0.205 e. The number of benzene rings is 2. The molecule has 0 aromatic heterocycles. The fourth-order valence-corrected chi connectivity index (χ4v) is 4.51. The second-order valence-corrected chi connectivity index (χ2v) is 8.50. The topological polar surface area (TPSA) is 27.7 Å². The molecule has 0 N–H and O–H groups in total. The van der Waals surface area contributed by atoms with Crippen LogP contribution < -0.4 is 9.47 Å². The third kappa shape index (κ3) is 4.72.